The monoisotopic (exact) mass is 232 g/mol. The van der Waals surface area contributed by atoms with E-state index in [2.05, 4.69) is 11.4 Å². The maximum absolute atomic E-state index is 5.93. The van der Waals surface area contributed by atoms with Crippen LogP contribution in [0.15, 0.2) is 34.9 Å². The lowest BCUT2D eigenvalue weighted by molar-refractivity contribution is 0.454. The molecule has 0 aliphatic heterocycles. The molecule has 0 aliphatic rings. The highest BCUT2D eigenvalue weighted by Gasteiger charge is 2.09. The van der Waals surface area contributed by atoms with Gasteiger partial charge in [-0.1, -0.05) is 18.2 Å². The summed E-state index contributed by atoms with van der Waals surface area (Å²) in [7, 11) is 0. The molecule has 0 aliphatic carbocycles. The maximum atomic E-state index is 5.93. The molecule has 0 radical (unpaired) electrons. The van der Waals surface area contributed by atoms with Crippen molar-refractivity contribution in [2.75, 3.05) is 6.54 Å². The van der Waals surface area contributed by atoms with E-state index in [0.717, 1.165) is 25.1 Å². The Bertz CT molecular complexity index is 482. The highest BCUT2D eigenvalue weighted by atomic mass is 16.3. The summed E-state index contributed by atoms with van der Waals surface area (Å²) in [5.41, 5.74) is 7.97. The fraction of sp³-hybridized carbons (Fsp3) is 0.429. The van der Waals surface area contributed by atoms with E-state index in [0.29, 0.717) is 0 Å². The number of rotatable bonds is 5. The fourth-order valence-electron chi connectivity index (χ4n) is 1.80. The molecule has 0 amide bonds. The predicted octanol–water partition coefficient (Wildman–Crippen LogP) is 2.65. The first-order valence-electron chi connectivity index (χ1n) is 6.01. The van der Waals surface area contributed by atoms with E-state index >= 15 is 0 Å². The fourth-order valence-corrected chi connectivity index (χ4v) is 1.80. The smallest absolute Gasteiger partial charge is 0.134 e. The summed E-state index contributed by atoms with van der Waals surface area (Å²) in [4.78, 5) is 0. The van der Waals surface area contributed by atoms with Crippen LogP contribution >= 0.6 is 0 Å². The summed E-state index contributed by atoms with van der Waals surface area (Å²) >= 11 is 0. The van der Waals surface area contributed by atoms with Crippen LogP contribution in [0.2, 0.25) is 0 Å². The standard InChI is InChI=1S/C14H20N2O/c1-14(2,15)7-8-16-9-11-10-17-13-6-4-3-5-12(11)13/h3-6,10,16H,7-9,15H2,1-2H3. The van der Waals surface area contributed by atoms with Gasteiger partial charge in [0.15, 0.2) is 0 Å². The van der Waals surface area contributed by atoms with Crippen LogP contribution in [0.1, 0.15) is 25.8 Å². The lowest BCUT2D eigenvalue weighted by Crippen LogP contribution is -2.35. The third kappa shape index (κ3) is 3.32. The zero-order valence-electron chi connectivity index (χ0n) is 10.5. The molecule has 2 rings (SSSR count). The minimum atomic E-state index is -0.106. The summed E-state index contributed by atoms with van der Waals surface area (Å²) in [6, 6.07) is 8.09. The lowest BCUT2D eigenvalue weighted by Gasteiger charge is -2.18. The SMILES string of the molecule is CC(C)(N)CCNCc1coc2ccccc12. The molecule has 0 atom stereocenters. The van der Waals surface area contributed by atoms with E-state index in [1.807, 2.05) is 38.3 Å². The van der Waals surface area contributed by atoms with Crippen molar-refractivity contribution in [3.8, 4) is 0 Å². The van der Waals surface area contributed by atoms with Gasteiger partial charge in [0.2, 0.25) is 0 Å². The highest BCUT2D eigenvalue weighted by molar-refractivity contribution is 5.80. The van der Waals surface area contributed by atoms with Crippen molar-refractivity contribution in [2.24, 2.45) is 5.73 Å². The van der Waals surface area contributed by atoms with Crippen molar-refractivity contribution < 1.29 is 4.42 Å². The first-order chi connectivity index (χ1) is 8.06. The van der Waals surface area contributed by atoms with Crippen LogP contribution in [-0.2, 0) is 6.54 Å². The topological polar surface area (TPSA) is 51.2 Å². The van der Waals surface area contributed by atoms with Crippen molar-refractivity contribution in [2.45, 2.75) is 32.4 Å². The molecule has 0 spiro atoms. The Hall–Kier alpha value is -1.32. The largest absolute Gasteiger partial charge is 0.464 e. The lowest BCUT2D eigenvalue weighted by atomic mass is 10.0. The summed E-state index contributed by atoms with van der Waals surface area (Å²) in [6.45, 7) is 5.83. The normalized spacial score (nSPS) is 12.2. The molecule has 0 saturated carbocycles. The van der Waals surface area contributed by atoms with Gasteiger partial charge < -0.3 is 15.5 Å². The maximum Gasteiger partial charge on any atom is 0.134 e. The quantitative estimate of drug-likeness (QED) is 0.779. The first-order valence-corrected chi connectivity index (χ1v) is 6.01. The number of hydrogen-bond acceptors (Lipinski definition) is 3. The van der Waals surface area contributed by atoms with Crippen LogP contribution in [0.5, 0.6) is 0 Å². The van der Waals surface area contributed by atoms with E-state index in [-0.39, 0.29) is 5.54 Å². The molecule has 3 heteroatoms. The van der Waals surface area contributed by atoms with Gasteiger partial charge in [-0.25, -0.2) is 0 Å². The van der Waals surface area contributed by atoms with Crippen molar-refractivity contribution in [1.82, 2.24) is 5.32 Å². The zero-order valence-corrected chi connectivity index (χ0v) is 10.5. The number of para-hydroxylation sites is 1. The van der Waals surface area contributed by atoms with E-state index in [9.17, 15) is 0 Å². The molecule has 3 N–H and O–H groups in total. The van der Waals surface area contributed by atoms with Gasteiger partial charge in [0.1, 0.15) is 5.58 Å². The van der Waals surface area contributed by atoms with E-state index in [1.165, 1.54) is 10.9 Å². The Morgan fingerprint density at radius 1 is 1.29 bits per heavy atom. The van der Waals surface area contributed by atoms with Gasteiger partial charge in [-0.05, 0) is 32.9 Å². The summed E-state index contributed by atoms with van der Waals surface area (Å²) in [6.07, 6.45) is 2.79. The molecule has 0 bridgehead atoms. The van der Waals surface area contributed by atoms with Crippen LogP contribution in [0.4, 0.5) is 0 Å². The molecule has 0 unspecified atom stereocenters. The van der Waals surface area contributed by atoms with Gasteiger partial charge in [0.05, 0.1) is 6.26 Å². The Morgan fingerprint density at radius 2 is 2.06 bits per heavy atom. The predicted molar refractivity (Wildman–Crippen MR) is 70.8 cm³/mol. The molecule has 1 aromatic heterocycles. The third-order valence-corrected chi connectivity index (χ3v) is 2.82. The number of fused-ring (bicyclic) bond motifs is 1. The molecular weight excluding hydrogens is 212 g/mol. The highest BCUT2D eigenvalue weighted by Crippen LogP contribution is 2.20. The van der Waals surface area contributed by atoms with Gasteiger partial charge in [0, 0.05) is 23.0 Å². The van der Waals surface area contributed by atoms with Crippen LogP contribution in [0.3, 0.4) is 0 Å². The molecular formula is C14H20N2O. The second-order valence-corrected chi connectivity index (χ2v) is 5.17. The Labute approximate surface area is 102 Å². The van der Waals surface area contributed by atoms with Gasteiger partial charge in [0.25, 0.3) is 0 Å². The Balaban J connectivity index is 1.91. The van der Waals surface area contributed by atoms with Gasteiger partial charge in [-0.15, -0.1) is 0 Å². The molecule has 1 aromatic carbocycles. The summed E-state index contributed by atoms with van der Waals surface area (Å²) in [5.74, 6) is 0. The first kappa shape index (κ1) is 12.1. The van der Waals surface area contributed by atoms with E-state index in [1.54, 1.807) is 0 Å². The number of furan rings is 1. The van der Waals surface area contributed by atoms with E-state index in [4.69, 9.17) is 10.2 Å². The van der Waals surface area contributed by atoms with Crippen molar-refractivity contribution in [1.29, 1.82) is 0 Å². The van der Waals surface area contributed by atoms with Crippen molar-refractivity contribution in [3.05, 3.63) is 36.1 Å². The zero-order chi connectivity index (χ0) is 12.3. The second-order valence-electron chi connectivity index (χ2n) is 5.17. The van der Waals surface area contributed by atoms with Gasteiger partial charge in [-0.3, -0.25) is 0 Å². The minimum Gasteiger partial charge on any atom is -0.464 e. The van der Waals surface area contributed by atoms with Crippen LogP contribution in [0.25, 0.3) is 11.0 Å². The molecule has 2 aromatic rings. The number of nitrogens with one attached hydrogen (secondary N) is 1. The molecule has 3 nitrogen and oxygen atoms in total. The molecule has 92 valence electrons. The van der Waals surface area contributed by atoms with Crippen LogP contribution in [0, 0.1) is 0 Å². The molecule has 0 fully saturated rings. The average Bonchev–Trinajstić information content (AvgIpc) is 2.67. The van der Waals surface area contributed by atoms with Gasteiger partial charge >= 0.3 is 0 Å². The minimum absolute atomic E-state index is 0.106. The van der Waals surface area contributed by atoms with Crippen molar-refractivity contribution in [3.63, 3.8) is 0 Å². The van der Waals surface area contributed by atoms with Gasteiger partial charge in [-0.2, -0.15) is 0 Å². The third-order valence-electron chi connectivity index (χ3n) is 2.82. The molecule has 17 heavy (non-hydrogen) atoms. The number of nitrogens with two attached hydrogens (primary N) is 1. The average molecular weight is 232 g/mol. The number of benzene rings is 1. The molecule has 1 heterocycles. The Morgan fingerprint density at radius 3 is 2.82 bits per heavy atom. The van der Waals surface area contributed by atoms with Crippen LogP contribution in [-0.4, -0.2) is 12.1 Å². The summed E-state index contributed by atoms with van der Waals surface area (Å²) < 4.78 is 5.48. The number of hydrogen-bond donors (Lipinski definition) is 2. The summed E-state index contributed by atoms with van der Waals surface area (Å²) in [5, 5.41) is 4.58. The van der Waals surface area contributed by atoms with E-state index < -0.39 is 0 Å². The Kier molecular flexibility index (Phi) is 3.50. The van der Waals surface area contributed by atoms with Crippen LogP contribution < -0.4 is 11.1 Å². The molecule has 0 saturated heterocycles. The second kappa shape index (κ2) is 4.90. The van der Waals surface area contributed by atoms with Crippen molar-refractivity contribution >= 4 is 11.0 Å².